The van der Waals surface area contributed by atoms with Crippen LogP contribution >= 0.6 is 0 Å². The Balaban J connectivity index is 1.68. The largest absolute Gasteiger partial charge is 0.354 e. The lowest BCUT2D eigenvalue weighted by Crippen LogP contribution is -2.47. The van der Waals surface area contributed by atoms with Gasteiger partial charge in [0.2, 0.25) is 5.91 Å². The third kappa shape index (κ3) is 3.42. The molecule has 0 unspecified atom stereocenters. The highest BCUT2D eigenvalue weighted by Gasteiger charge is 2.34. The standard InChI is InChI=1S/C13H25N3O/c1-13(4-6-14-7-5-13)12(17)15-8-11-16-9-2-3-10-16/h14H,2-11H2,1H3,(H,15,17). The maximum atomic E-state index is 12.1. The fourth-order valence-corrected chi connectivity index (χ4v) is 2.75. The first kappa shape index (κ1) is 12.8. The van der Waals surface area contributed by atoms with Crippen LogP contribution in [0.5, 0.6) is 0 Å². The molecule has 1 amide bonds. The highest BCUT2D eigenvalue weighted by Crippen LogP contribution is 2.27. The molecule has 0 radical (unpaired) electrons. The molecule has 2 fully saturated rings. The molecule has 2 saturated heterocycles. The van der Waals surface area contributed by atoms with Crippen molar-refractivity contribution in [2.24, 2.45) is 5.41 Å². The molecule has 17 heavy (non-hydrogen) atoms. The molecule has 0 saturated carbocycles. The molecule has 0 bridgehead atoms. The smallest absolute Gasteiger partial charge is 0.226 e. The van der Waals surface area contributed by atoms with Crippen LogP contribution in [-0.4, -0.2) is 50.1 Å². The van der Waals surface area contributed by atoms with Crippen molar-refractivity contribution < 1.29 is 4.79 Å². The molecule has 2 aliphatic rings. The van der Waals surface area contributed by atoms with E-state index in [0.717, 1.165) is 39.0 Å². The number of piperidine rings is 1. The van der Waals surface area contributed by atoms with Gasteiger partial charge in [-0.3, -0.25) is 4.79 Å². The van der Waals surface area contributed by atoms with E-state index in [1.54, 1.807) is 0 Å². The van der Waals surface area contributed by atoms with E-state index < -0.39 is 0 Å². The molecule has 4 heteroatoms. The first-order valence-corrected chi connectivity index (χ1v) is 6.92. The third-order valence-electron chi connectivity index (χ3n) is 4.17. The van der Waals surface area contributed by atoms with Crippen LogP contribution in [0.4, 0.5) is 0 Å². The minimum atomic E-state index is -0.143. The van der Waals surface area contributed by atoms with Crippen LogP contribution in [-0.2, 0) is 4.79 Å². The van der Waals surface area contributed by atoms with Gasteiger partial charge in [0, 0.05) is 18.5 Å². The number of amides is 1. The van der Waals surface area contributed by atoms with Crippen LogP contribution in [0.2, 0.25) is 0 Å². The van der Waals surface area contributed by atoms with Crippen molar-refractivity contribution in [1.29, 1.82) is 0 Å². The fraction of sp³-hybridized carbons (Fsp3) is 0.923. The first-order valence-electron chi connectivity index (χ1n) is 6.92. The van der Waals surface area contributed by atoms with Crippen molar-refractivity contribution in [3.63, 3.8) is 0 Å². The normalized spacial score (nSPS) is 24.8. The van der Waals surface area contributed by atoms with E-state index in [2.05, 4.69) is 22.5 Å². The van der Waals surface area contributed by atoms with Gasteiger partial charge in [0.15, 0.2) is 0 Å². The van der Waals surface area contributed by atoms with Gasteiger partial charge in [-0.25, -0.2) is 0 Å². The summed E-state index contributed by atoms with van der Waals surface area (Å²) in [4.78, 5) is 14.6. The minimum Gasteiger partial charge on any atom is -0.354 e. The zero-order valence-corrected chi connectivity index (χ0v) is 10.9. The van der Waals surface area contributed by atoms with Crippen molar-refractivity contribution in [1.82, 2.24) is 15.5 Å². The van der Waals surface area contributed by atoms with Crippen molar-refractivity contribution >= 4 is 5.91 Å². The van der Waals surface area contributed by atoms with Gasteiger partial charge >= 0.3 is 0 Å². The Morgan fingerprint density at radius 2 is 1.94 bits per heavy atom. The summed E-state index contributed by atoms with van der Waals surface area (Å²) >= 11 is 0. The molecule has 0 aromatic carbocycles. The summed E-state index contributed by atoms with van der Waals surface area (Å²) in [5.74, 6) is 0.248. The molecule has 0 aromatic rings. The number of hydrogen-bond donors (Lipinski definition) is 2. The number of hydrogen-bond acceptors (Lipinski definition) is 3. The van der Waals surface area contributed by atoms with E-state index in [1.807, 2.05) is 0 Å². The number of carbonyl (C=O) groups is 1. The SMILES string of the molecule is CC1(C(=O)NCCN2CCCC2)CCNCC1. The third-order valence-corrected chi connectivity index (χ3v) is 4.17. The number of nitrogens with one attached hydrogen (secondary N) is 2. The van der Waals surface area contributed by atoms with E-state index in [-0.39, 0.29) is 11.3 Å². The van der Waals surface area contributed by atoms with Crippen LogP contribution < -0.4 is 10.6 Å². The van der Waals surface area contributed by atoms with Crippen molar-refractivity contribution in [2.45, 2.75) is 32.6 Å². The van der Waals surface area contributed by atoms with Gasteiger partial charge in [-0.05, 0) is 51.9 Å². The fourth-order valence-electron chi connectivity index (χ4n) is 2.75. The van der Waals surface area contributed by atoms with Crippen LogP contribution in [0.25, 0.3) is 0 Å². The van der Waals surface area contributed by atoms with Crippen molar-refractivity contribution in [3.05, 3.63) is 0 Å². The van der Waals surface area contributed by atoms with E-state index in [9.17, 15) is 4.79 Å². The predicted octanol–water partition coefficient (Wildman–Crippen LogP) is 0.588. The maximum absolute atomic E-state index is 12.1. The zero-order valence-electron chi connectivity index (χ0n) is 10.9. The molecule has 0 aromatic heterocycles. The lowest BCUT2D eigenvalue weighted by atomic mass is 9.80. The maximum Gasteiger partial charge on any atom is 0.226 e. The molecule has 0 atom stereocenters. The lowest BCUT2D eigenvalue weighted by molar-refractivity contribution is -0.131. The second kappa shape index (κ2) is 5.83. The van der Waals surface area contributed by atoms with Gasteiger partial charge in [0.25, 0.3) is 0 Å². The van der Waals surface area contributed by atoms with Crippen LogP contribution in [0.1, 0.15) is 32.6 Å². The Kier molecular flexibility index (Phi) is 4.40. The van der Waals surface area contributed by atoms with Crippen molar-refractivity contribution in [2.75, 3.05) is 39.3 Å². The van der Waals surface area contributed by atoms with E-state index >= 15 is 0 Å². The molecule has 2 N–H and O–H groups in total. The monoisotopic (exact) mass is 239 g/mol. The summed E-state index contributed by atoms with van der Waals surface area (Å²) in [5, 5.41) is 6.42. The van der Waals surface area contributed by atoms with Crippen molar-refractivity contribution in [3.8, 4) is 0 Å². The molecule has 2 heterocycles. The molecule has 4 nitrogen and oxygen atoms in total. The second-order valence-electron chi connectivity index (χ2n) is 5.62. The van der Waals surface area contributed by atoms with Gasteiger partial charge in [-0.1, -0.05) is 6.92 Å². The summed E-state index contributed by atoms with van der Waals surface area (Å²) in [5.41, 5.74) is -0.143. The second-order valence-corrected chi connectivity index (χ2v) is 5.62. The predicted molar refractivity (Wildman–Crippen MR) is 68.9 cm³/mol. The van der Waals surface area contributed by atoms with Gasteiger partial charge in [-0.2, -0.15) is 0 Å². The number of likely N-dealkylation sites (tertiary alicyclic amines) is 1. The Bertz CT molecular complexity index is 255. The number of carbonyl (C=O) groups excluding carboxylic acids is 1. The van der Waals surface area contributed by atoms with Gasteiger partial charge < -0.3 is 15.5 Å². The van der Waals surface area contributed by atoms with E-state index in [0.29, 0.717) is 0 Å². The summed E-state index contributed by atoms with van der Waals surface area (Å²) in [6.07, 6.45) is 4.56. The molecule has 2 rings (SSSR count). The highest BCUT2D eigenvalue weighted by atomic mass is 16.2. The zero-order chi connectivity index (χ0) is 12.1. The van der Waals surface area contributed by atoms with E-state index in [4.69, 9.17) is 0 Å². The van der Waals surface area contributed by atoms with Crippen LogP contribution in [0.15, 0.2) is 0 Å². The summed E-state index contributed by atoms with van der Waals surface area (Å²) < 4.78 is 0. The Morgan fingerprint density at radius 1 is 1.29 bits per heavy atom. The number of nitrogens with zero attached hydrogens (tertiary/aromatic N) is 1. The molecular weight excluding hydrogens is 214 g/mol. The van der Waals surface area contributed by atoms with Gasteiger partial charge in [0.05, 0.1) is 0 Å². The average molecular weight is 239 g/mol. The summed E-state index contributed by atoms with van der Waals surface area (Å²) in [6.45, 7) is 8.27. The highest BCUT2D eigenvalue weighted by molar-refractivity contribution is 5.82. The van der Waals surface area contributed by atoms with Crippen LogP contribution in [0, 0.1) is 5.41 Å². The number of rotatable bonds is 4. The Morgan fingerprint density at radius 3 is 2.59 bits per heavy atom. The lowest BCUT2D eigenvalue weighted by Gasteiger charge is -2.32. The quantitative estimate of drug-likeness (QED) is 0.754. The molecular formula is C13H25N3O. The topological polar surface area (TPSA) is 44.4 Å². The Hall–Kier alpha value is -0.610. The summed E-state index contributed by atoms with van der Waals surface area (Å²) in [7, 11) is 0. The van der Waals surface area contributed by atoms with Gasteiger partial charge in [0.1, 0.15) is 0 Å². The van der Waals surface area contributed by atoms with Crippen LogP contribution in [0.3, 0.4) is 0 Å². The van der Waals surface area contributed by atoms with E-state index in [1.165, 1.54) is 25.9 Å². The molecule has 2 aliphatic heterocycles. The molecule has 98 valence electrons. The summed E-state index contributed by atoms with van der Waals surface area (Å²) in [6, 6.07) is 0. The average Bonchev–Trinajstić information content (AvgIpc) is 2.83. The minimum absolute atomic E-state index is 0.143. The molecule has 0 spiro atoms. The molecule has 0 aliphatic carbocycles. The Labute approximate surface area is 104 Å². The first-order chi connectivity index (χ1) is 8.21. The van der Waals surface area contributed by atoms with Gasteiger partial charge in [-0.15, -0.1) is 0 Å².